The fourth-order valence-corrected chi connectivity index (χ4v) is 1.32. The first kappa shape index (κ1) is 8.52. The molecule has 0 N–H and O–H groups in total. The van der Waals surface area contributed by atoms with Gasteiger partial charge in [-0.1, -0.05) is 22.5 Å². The lowest BCUT2D eigenvalue weighted by atomic mass is 10.8. The summed E-state index contributed by atoms with van der Waals surface area (Å²) in [7, 11) is 3.97. The topological polar surface area (TPSA) is 26.3 Å². The Morgan fingerprint density at radius 3 is 2.88 bits per heavy atom. The summed E-state index contributed by atoms with van der Waals surface area (Å²) in [6.45, 7) is 0. The molecule has 0 aromatic carbocycles. The number of carbonyl (C=O) groups excluding carboxylic acids is 1. The van der Waals surface area contributed by atoms with E-state index in [1.54, 1.807) is 0 Å². The second-order valence-corrected chi connectivity index (χ2v) is 4.08. The molecule has 0 aromatic heterocycles. The molecule has 0 aliphatic heterocycles. The number of thiol groups is 1. The first-order valence-corrected chi connectivity index (χ1v) is 5.18. The minimum Gasteiger partial charge on any atom is -0.468 e. The normalized spacial score (nSPS) is 8.75. The maximum atomic E-state index is 10.3. The van der Waals surface area contributed by atoms with E-state index < -0.39 is 0 Å². The van der Waals surface area contributed by atoms with Crippen LogP contribution in [-0.4, -0.2) is 18.8 Å². The molecular weight excluding hydrogens is 164 g/mol. The highest BCUT2D eigenvalue weighted by Crippen LogP contribution is 2.23. The molecule has 48 valence electrons. The van der Waals surface area contributed by atoms with Crippen molar-refractivity contribution in [2.24, 2.45) is 0 Å². The highest BCUT2D eigenvalue weighted by molar-refractivity contribution is 9.05. The molecule has 0 heterocycles. The van der Waals surface area contributed by atoms with Crippen LogP contribution in [0.4, 0.5) is 0 Å². The highest BCUT2D eigenvalue weighted by Gasteiger charge is 1.96. The van der Waals surface area contributed by atoms with Crippen LogP contribution in [0.5, 0.6) is 0 Å². The van der Waals surface area contributed by atoms with Gasteiger partial charge in [-0.25, -0.2) is 0 Å². The third-order valence-corrected chi connectivity index (χ3v) is 2.53. The molecule has 2 nitrogen and oxygen atoms in total. The lowest BCUT2D eigenvalue weighted by Crippen LogP contribution is -2.01. The van der Waals surface area contributed by atoms with Crippen molar-refractivity contribution in [2.75, 3.05) is 12.9 Å². The van der Waals surface area contributed by atoms with E-state index in [1.165, 1.54) is 27.7 Å². The molecule has 5 heteroatoms. The average Bonchev–Trinajstić information content (AvgIpc) is 1.83. The Kier molecular flexibility index (Phi) is 6.02. The summed E-state index contributed by atoms with van der Waals surface area (Å²) in [5.74, 6) is 0.154. The Bertz CT molecular complexity index is 74.9. The Morgan fingerprint density at radius 2 is 2.50 bits per heavy atom. The number of esters is 1. The van der Waals surface area contributed by atoms with Gasteiger partial charge in [0.05, 0.1) is 7.11 Å². The minimum absolute atomic E-state index is 0.212. The summed E-state index contributed by atoms with van der Waals surface area (Å²) < 4.78 is 4.35. The summed E-state index contributed by atoms with van der Waals surface area (Å²) in [6, 6.07) is 0. The number of hydrogen-bond donors (Lipinski definition) is 1. The van der Waals surface area contributed by atoms with E-state index in [2.05, 4.69) is 16.4 Å². The Morgan fingerprint density at radius 1 is 1.88 bits per heavy atom. The molecule has 8 heavy (non-hydrogen) atoms. The summed E-state index contributed by atoms with van der Waals surface area (Å²) in [5.41, 5.74) is 0. The first-order valence-electron chi connectivity index (χ1n) is 1.81. The third kappa shape index (κ3) is 4.67. The molecule has 0 amide bonds. The van der Waals surface area contributed by atoms with E-state index in [0.717, 1.165) is 0 Å². The molecule has 0 aliphatic carbocycles. The Labute approximate surface area is 60.9 Å². The molecule has 0 rings (SSSR count). The van der Waals surface area contributed by atoms with Gasteiger partial charge < -0.3 is 4.74 Å². The van der Waals surface area contributed by atoms with Crippen LogP contribution in [0.25, 0.3) is 0 Å². The van der Waals surface area contributed by atoms with Crippen LogP contribution in [0.15, 0.2) is 0 Å². The van der Waals surface area contributed by atoms with Crippen LogP contribution in [-0.2, 0) is 9.53 Å². The summed E-state index contributed by atoms with van der Waals surface area (Å²) in [5, 5.41) is 0. The van der Waals surface area contributed by atoms with Crippen molar-refractivity contribution in [2.45, 2.75) is 0 Å². The van der Waals surface area contributed by atoms with Crippen molar-refractivity contribution < 1.29 is 9.53 Å². The smallest absolute Gasteiger partial charge is 0.316 e. The van der Waals surface area contributed by atoms with Gasteiger partial charge in [-0.3, -0.25) is 4.79 Å². The predicted octanol–water partition coefficient (Wildman–Crippen LogP) is 1.39. The fourth-order valence-electron chi connectivity index (χ4n) is 0.133. The van der Waals surface area contributed by atoms with Gasteiger partial charge in [0, 0.05) is 0 Å². The van der Waals surface area contributed by atoms with Crippen LogP contribution in [0, 0.1) is 0 Å². The predicted molar refractivity (Wildman–Crippen MR) is 41.1 cm³/mol. The van der Waals surface area contributed by atoms with Crippen LogP contribution >= 0.6 is 32.3 Å². The second kappa shape index (κ2) is 5.65. The van der Waals surface area contributed by atoms with Crippen molar-refractivity contribution in [1.82, 2.24) is 0 Å². The SMILES string of the molecule is COC(=O)CSSS. The quantitative estimate of drug-likeness (QED) is 0.393. The largest absolute Gasteiger partial charge is 0.468 e. The van der Waals surface area contributed by atoms with E-state index in [1.807, 2.05) is 0 Å². The monoisotopic (exact) mass is 170 g/mol. The second-order valence-electron chi connectivity index (χ2n) is 0.913. The zero-order valence-electron chi connectivity index (χ0n) is 4.29. The van der Waals surface area contributed by atoms with Crippen LogP contribution in [0.3, 0.4) is 0 Å². The van der Waals surface area contributed by atoms with Crippen molar-refractivity contribution >= 4 is 38.2 Å². The molecule has 0 saturated heterocycles. The molecule has 0 aromatic rings. The van der Waals surface area contributed by atoms with Gasteiger partial charge >= 0.3 is 5.97 Å². The van der Waals surface area contributed by atoms with Gasteiger partial charge in [0.15, 0.2) is 0 Å². The van der Waals surface area contributed by atoms with E-state index >= 15 is 0 Å². The molecule has 0 spiro atoms. The Balaban J connectivity index is 2.99. The van der Waals surface area contributed by atoms with Crippen molar-refractivity contribution in [3.63, 3.8) is 0 Å². The van der Waals surface area contributed by atoms with Gasteiger partial charge in [-0.2, -0.15) is 0 Å². The van der Waals surface area contributed by atoms with E-state index in [9.17, 15) is 4.79 Å². The van der Waals surface area contributed by atoms with Gasteiger partial charge in [0.25, 0.3) is 0 Å². The minimum atomic E-state index is -0.212. The van der Waals surface area contributed by atoms with Crippen LogP contribution in [0.2, 0.25) is 0 Å². The van der Waals surface area contributed by atoms with E-state index in [-0.39, 0.29) is 5.97 Å². The van der Waals surface area contributed by atoms with E-state index in [4.69, 9.17) is 0 Å². The summed E-state index contributed by atoms with van der Waals surface area (Å²) >= 11 is 3.81. The first-order chi connectivity index (χ1) is 3.81. The number of carbonyl (C=O) groups is 1. The lowest BCUT2D eigenvalue weighted by molar-refractivity contribution is -0.137. The highest BCUT2D eigenvalue weighted by atomic mass is 33.5. The molecule has 0 bridgehead atoms. The van der Waals surface area contributed by atoms with Crippen LogP contribution < -0.4 is 0 Å². The van der Waals surface area contributed by atoms with Crippen molar-refractivity contribution in [3.8, 4) is 0 Å². The third-order valence-electron chi connectivity index (χ3n) is 0.457. The van der Waals surface area contributed by atoms with Gasteiger partial charge in [0.2, 0.25) is 0 Å². The number of methoxy groups -OCH3 is 1. The van der Waals surface area contributed by atoms with Gasteiger partial charge in [-0.05, 0) is 9.83 Å². The molecule has 0 aliphatic rings. The lowest BCUT2D eigenvalue weighted by Gasteiger charge is -1.92. The number of rotatable bonds is 3. The van der Waals surface area contributed by atoms with Crippen molar-refractivity contribution in [3.05, 3.63) is 0 Å². The maximum absolute atomic E-state index is 10.3. The molecule has 0 radical (unpaired) electrons. The fraction of sp³-hybridized carbons (Fsp3) is 0.667. The zero-order valence-corrected chi connectivity index (χ0v) is 6.81. The van der Waals surface area contributed by atoms with Crippen LogP contribution in [0.1, 0.15) is 0 Å². The maximum Gasteiger partial charge on any atom is 0.316 e. The number of hydrogen-bond acceptors (Lipinski definition) is 5. The van der Waals surface area contributed by atoms with E-state index in [0.29, 0.717) is 5.75 Å². The molecule has 0 atom stereocenters. The van der Waals surface area contributed by atoms with Gasteiger partial charge in [-0.15, -0.1) is 0 Å². The summed E-state index contributed by atoms with van der Waals surface area (Å²) in [6.07, 6.45) is 0. The molecule has 0 saturated carbocycles. The zero-order chi connectivity index (χ0) is 6.41. The Hall–Kier alpha value is 0.520. The molecular formula is C3H6O2S3. The van der Waals surface area contributed by atoms with Crippen molar-refractivity contribution in [1.29, 1.82) is 0 Å². The van der Waals surface area contributed by atoms with Gasteiger partial charge in [0.1, 0.15) is 5.75 Å². The number of ether oxygens (including phenoxy) is 1. The molecule has 0 fully saturated rings. The standard InChI is InChI=1S/C3H6O2S3/c1-5-3(4)2-7-8-6/h6H,2H2,1H3. The average molecular weight is 170 g/mol. The molecule has 0 unspecified atom stereocenters. The summed E-state index contributed by atoms with van der Waals surface area (Å²) in [4.78, 5) is 10.3.